The first kappa shape index (κ1) is 15.2. The molecular weight excluding hydrogens is 246 g/mol. The normalized spacial score (nSPS) is 12.4. The first-order chi connectivity index (χ1) is 8.69. The van der Waals surface area contributed by atoms with E-state index < -0.39 is 0 Å². The summed E-state index contributed by atoms with van der Waals surface area (Å²) in [5, 5.41) is 4.25. The molecule has 0 aromatic carbocycles. The second-order valence-electron chi connectivity index (χ2n) is 4.30. The van der Waals surface area contributed by atoms with E-state index in [9.17, 15) is 0 Å². The minimum Gasteiger partial charge on any atom is -0.377 e. The largest absolute Gasteiger partial charge is 0.377 e. The summed E-state index contributed by atoms with van der Waals surface area (Å²) in [6.07, 6.45) is 1.20. The Morgan fingerprint density at radius 1 is 1.39 bits per heavy atom. The molecule has 1 aromatic heterocycles. The predicted octanol–water partition coefficient (Wildman–Crippen LogP) is 3.19. The monoisotopic (exact) mass is 269 g/mol. The Morgan fingerprint density at radius 3 is 2.78 bits per heavy atom. The van der Waals surface area contributed by atoms with E-state index in [4.69, 9.17) is 4.74 Å². The summed E-state index contributed by atoms with van der Waals surface area (Å²) in [5.74, 6) is 3.41. The number of nitrogens with one attached hydrogen (secondary N) is 1. The van der Waals surface area contributed by atoms with Crippen molar-refractivity contribution in [3.05, 3.63) is 11.9 Å². The van der Waals surface area contributed by atoms with E-state index in [1.807, 2.05) is 6.07 Å². The number of rotatable bonds is 8. The van der Waals surface area contributed by atoms with Crippen LogP contribution in [0, 0.1) is 5.92 Å². The van der Waals surface area contributed by atoms with Crippen molar-refractivity contribution in [3.8, 4) is 0 Å². The molecule has 1 unspecified atom stereocenters. The lowest BCUT2D eigenvalue weighted by Crippen LogP contribution is -2.06. The maximum atomic E-state index is 5.10. The van der Waals surface area contributed by atoms with Gasteiger partial charge in [0.05, 0.1) is 0 Å². The third kappa shape index (κ3) is 5.23. The van der Waals surface area contributed by atoms with Gasteiger partial charge in [-0.3, -0.25) is 0 Å². The van der Waals surface area contributed by atoms with Crippen LogP contribution in [0.1, 0.15) is 33.0 Å². The molecule has 1 atom stereocenters. The fourth-order valence-corrected chi connectivity index (χ4v) is 2.41. The second kappa shape index (κ2) is 8.32. The highest BCUT2D eigenvalue weighted by Gasteiger charge is 2.06. The molecule has 0 spiro atoms. The number of nitrogens with zero attached hydrogens (tertiary/aromatic N) is 2. The van der Waals surface area contributed by atoms with E-state index >= 15 is 0 Å². The predicted molar refractivity (Wildman–Crippen MR) is 77.1 cm³/mol. The fourth-order valence-electron chi connectivity index (χ4n) is 1.36. The zero-order chi connectivity index (χ0) is 13.4. The lowest BCUT2D eigenvalue weighted by molar-refractivity contribution is 0.177. The zero-order valence-electron chi connectivity index (χ0n) is 11.7. The minimum absolute atomic E-state index is 0.454. The average Bonchev–Trinajstić information content (AvgIpc) is 2.36. The molecule has 0 aliphatic heterocycles. The van der Waals surface area contributed by atoms with E-state index in [2.05, 4.69) is 36.1 Å². The van der Waals surface area contributed by atoms with Crippen molar-refractivity contribution in [1.82, 2.24) is 9.97 Å². The van der Waals surface area contributed by atoms with Gasteiger partial charge < -0.3 is 10.1 Å². The van der Waals surface area contributed by atoms with Crippen LogP contribution in [0.15, 0.2) is 11.1 Å². The highest BCUT2D eigenvalue weighted by molar-refractivity contribution is 7.99. The molecule has 0 amide bonds. The third-order valence-corrected chi connectivity index (χ3v) is 3.83. The van der Waals surface area contributed by atoms with Gasteiger partial charge in [0.1, 0.15) is 17.5 Å². The van der Waals surface area contributed by atoms with Crippen LogP contribution < -0.4 is 5.32 Å². The number of aromatic nitrogens is 2. The summed E-state index contributed by atoms with van der Waals surface area (Å²) in [6, 6.07) is 2.01. The van der Waals surface area contributed by atoms with Crippen LogP contribution in [0.5, 0.6) is 0 Å². The number of anilines is 1. The Labute approximate surface area is 114 Å². The van der Waals surface area contributed by atoms with Crippen molar-refractivity contribution in [2.24, 2.45) is 5.92 Å². The van der Waals surface area contributed by atoms with Gasteiger partial charge in [-0.15, -0.1) is 11.8 Å². The molecule has 0 radical (unpaired) electrons. The molecule has 1 rings (SSSR count). The summed E-state index contributed by atoms with van der Waals surface area (Å²) >= 11 is 1.79. The molecule has 0 bridgehead atoms. The summed E-state index contributed by atoms with van der Waals surface area (Å²) in [7, 11) is 1.66. The number of thioether (sulfide) groups is 1. The van der Waals surface area contributed by atoms with Gasteiger partial charge in [0.2, 0.25) is 0 Å². The third-order valence-electron chi connectivity index (χ3n) is 2.59. The first-order valence-electron chi connectivity index (χ1n) is 6.43. The molecular formula is C13H23N3OS. The van der Waals surface area contributed by atoms with Crippen molar-refractivity contribution < 1.29 is 4.74 Å². The maximum Gasteiger partial charge on any atom is 0.157 e. The molecule has 0 fully saturated rings. The van der Waals surface area contributed by atoms with Gasteiger partial charge in [0.25, 0.3) is 0 Å². The van der Waals surface area contributed by atoms with Crippen LogP contribution in [0.25, 0.3) is 0 Å². The smallest absolute Gasteiger partial charge is 0.157 e. The molecule has 0 saturated heterocycles. The Balaban J connectivity index is 2.75. The summed E-state index contributed by atoms with van der Waals surface area (Å²) in [4.78, 5) is 8.90. The number of ether oxygens (including phenoxy) is 1. The second-order valence-corrected chi connectivity index (χ2v) is 5.34. The molecule has 0 aliphatic carbocycles. The van der Waals surface area contributed by atoms with Crippen molar-refractivity contribution in [1.29, 1.82) is 0 Å². The van der Waals surface area contributed by atoms with E-state index in [-0.39, 0.29) is 0 Å². The topological polar surface area (TPSA) is 47.0 Å². The van der Waals surface area contributed by atoms with Gasteiger partial charge >= 0.3 is 0 Å². The van der Waals surface area contributed by atoms with Crippen molar-refractivity contribution in [2.75, 3.05) is 24.7 Å². The molecule has 5 heteroatoms. The highest BCUT2D eigenvalue weighted by atomic mass is 32.2. The van der Waals surface area contributed by atoms with Crippen molar-refractivity contribution in [3.63, 3.8) is 0 Å². The van der Waals surface area contributed by atoms with Crippen LogP contribution in [-0.2, 0) is 11.3 Å². The molecule has 1 aromatic rings. The number of hydrogen-bond donors (Lipinski definition) is 1. The van der Waals surface area contributed by atoms with Gasteiger partial charge in [0, 0.05) is 25.5 Å². The van der Waals surface area contributed by atoms with E-state index in [1.165, 1.54) is 6.42 Å². The van der Waals surface area contributed by atoms with Crippen LogP contribution in [0.3, 0.4) is 0 Å². The molecule has 1 heterocycles. The fraction of sp³-hybridized carbons (Fsp3) is 0.692. The summed E-state index contributed by atoms with van der Waals surface area (Å²) in [6.45, 7) is 7.85. The first-order valence-corrected chi connectivity index (χ1v) is 7.41. The lowest BCUT2D eigenvalue weighted by Gasteiger charge is -2.10. The van der Waals surface area contributed by atoms with Crippen LogP contribution in [0.4, 0.5) is 5.82 Å². The van der Waals surface area contributed by atoms with E-state index in [0.717, 1.165) is 29.0 Å². The van der Waals surface area contributed by atoms with Gasteiger partial charge in [-0.2, -0.15) is 0 Å². The summed E-state index contributed by atoms with van der Waals surface area (Å²) < 4.78 is 5.10. The van der Waals surface area contributed by atoms with E-state index in [1.54, 1.807) is 18.9 Å². The van der Waals surface area contributed by atoms with Crippen molar-refractivity contribution >= 4 is 17.6 Å². The Bertz CT molecular complexity index is 336. The van der Waals surface area contributed by atoms with Crippen LogP contribution in [-0.4, -0.2) is 29.4 Å². The Morgan fingerprint density at radius 2 is 2.17 bits per heavy atom. The quantitative estimate of drug-likeness (QED) is 0.580. The number of hydrogen-bond acceptors (Lipinski definition) is 5. The standard InChI is InChI=1S/C13H23N3OS/c1-5-10(3)9-18-13-7-11(14-6-2)15-12(16-13)8-17-4/h7,10H,5-6,8-9H2,1-4H3,(H,14,15,16). The Hall–Kier alpha value is -0.810. The van der Waals surface area contributed by atoms with Gasteiger partial charge in [-0.1, -0.05) is 20.3 Å². The van der Waals surface area contributed by atoms with Gasteiger partial charge in [-0.05, 0) is 12.8 Å². The lowest BCUT2D eigenvalue weighted by atomic mass is 10.2. The average molecular weight is 269 g/mol. The van der Waals surface area contributed by atoms with Gasteiger partial charge in [-0.25, -0.2) is 9.97 Å². The number of methoxy groups -OCH3 is 1. The molecule has 4 nitrogen and oxygen atoms in total. The molecule has 102 valence electrons. The van der Waals surface area contributed by atoms with E-state index in [0.29, 0.717) is 12.5 Å². The van der Waals surface area contributed by atoms with Gasteiger partial charge in [0.15, 0.2) is 5.82 Å². The SMILES string of the molecule is CCNc1cc(SCC(C)CC)nc(COC)n1. The molecule has 18 heavy (non-hydrogen) atoms. The zero-order valence-corrected chi connectivity index (χ0v) is 12.5. The summed E-state index contributed by atoms with van der Waals surface area (Å²) in [5.41, 5.74) is 0. The molecule has 1 N–H and O–H groups in total. The van der Waals surface area contributed by atoms with Crippen LogP contribution >= 0.6 is 11.8 Å². The minimum atomic E-state index is 0.454. The van der Waals surface area contributed by atoms with Crippen LogP contribution in [0.2, 0.25) is 0 Å². The maximum absolute atomic E-state index is 5.10. The van der Waals surface area contributed by atoms with Crippen molar-refractivity contribution in [2.45, 2.75) is 38.8 Å². The molecule has 0 aliphatic rings. The molecule has 0 saturated carbocycles. The highest BCUT2D eigenvalue weighted by Crippen LogP contribution is 2.22. The Kier molecular flexibility index (Phi) is 7.05.